The molecule has 0 bridgehead atoms. The number of nitrogens with zero attached hydrogens (tertiary/aromatic N) is 3. The number of hydrogen-bond acceptors (Lipinski definition) is 4. The van der Waals surface area contributed by atoms with Gasteiger partial charge in [-0.25, -0.2) is 4.98 Å². The SMILES string of the molecule is CCOCCCNC(=O)c1cc(-c2cnn(C)c2)nc2ccccc12. The van der Waals surface area contributed by atoms with Crippen molar-refractivity contribution >= 4 is 16.8 Å². The molecular weight excluding hydrogens is 316 g/mol. The van der Waals surface area contributed by atoms with Gasteiger partial charge < -0.3 is 10.1 Å². The summed E-state index contributed by atoms with van der Waals surface area (Å²) in [6, 6.07) is 9.51. The van der Waals surface area contributed by atoms with Gasteiger partial charge >= 0.3 is 0 Å². The number of ether oxygens (including phenoxy) is 1. The predicted molar refractivity (Wildman–Crippen MR) is 97.4 cm³/mol. The van der Waals surface area contributed by atoms with Crippen LogP contribution >= 0.6 is 0 Å². The number of fused-ring (bicyclic) bond motifs is 1. The summed E-state index contributed by atoms with van der Waals surface area (Å²) in [6.07, 6.45) is 4.43. The lowest BCUT2D eigenvalue weighted by molar-refractivity contribution is 0.0946. The molecule has 0 spiro atoms. The van der Waals surface area contributed by atoms with Crippen molar-refractivity contribution < 1.29 is 9.53 Å². The molecule has 0 aliphatic heterocycles. The fourth-order valence-electron chi connectivity index (χ4n) is 2.68. The first-order valence-corrected chi connectivity index (χ1v) is 8.44. The highest BCUT2D eigenvalue weighted by Gasteiger charge is 2.14. The van der Waals surface area contributed by atoms with Gasteiger partial charge in [-0.15, -0.1) is 0 Å². The number of rotatable bonds is 7. The van der Waals surface area contributed by atoms with Gasteiger partial charge in [0.15, 0.2) is 0 Å². The molecule has 0 aliphatic carbocycles. The summed E-state index contributed by atoms with van der Waals surface area (Å²) in [5.41, 5.74) is 3.05. The van der Waals surface area contributed by atoms with Crippen LogP contribution in [0.4, 0.5) is 0 Å². The first kappa shape index (κ1) is 17.1. The second-order valence-corrected chi connectivity index (χ2v) is 5.78. The summed E-state index contributed by atoms with van der Waals surface area (Å²) in [4.78, 5) is 17.3. The monoisotopic (exact) mass is 338 g/mol. The molecule has 0 unspecified atom stereocenters. The number of nitrogens with one attached hydrogen (secondary N) is 1. The number of amides is 1. The molecular formula is C19H22N4O2. The molecule has 25 heavy (non-hydrogen) atoms. The van der Waals surface area contributed by atoms with Gasteiger partial charge in [-0.2, -0.15) is 5.10 Å². The largest absolute Gasteiger partial charge is 0.382 e. The second kappa shape index (κ2) is 7.90. The van der Waals surface area contributed by atoms with Gasteiger partial charge in [0.25, 0.3) is 5.91 Å². The van der Waals surface area contributed by atoms with Gasteiger partial charge in [0.05, 0.1) is 23.0 Å². The molecule has 0 saturated heterocycles. The van der Waals surface area contributed by atoms with Crippen molar-refractivity contribution in [2.75, 3.05) is 19.8 Å². The summed E-state index contributed by atoms with van der Waals surface area (Å²) in [7, 11) is 1.86. The van der Waals surface area contributed by atoms with Crippen LogP contribution in [0.1, 0.15) is 23.7 Å². The van der Waals surface area contributed by atoms with Crippen molar-refractivity contribution in [3.8, 4) is 11.3 Å². The van der Waals surface area contributed by atoms with E-state index in [1.807, 2.05) is 50.5 Å². The van der Waals surface area contributed by atoms with E-state index >= 15 is 0 Å². The van der Waals surface area contributed by atoms with Crippen LogP contribution < -0.4 is 5.32 Å². The zero-order valence-corrected chi connectivity index (χ0v) is 14.5. The topological polar surface area (TPSA) is 69.0 Å². The van der Waals surface area contributed by atoms with Crippen LogP contribution in [0.15, 0.2) is 42.7 Å². The Morgan fingerprint density at radius 2 is 2.16 bits per heavy atom. The number of carbonyl (C=O) groups excluding carboxylic acids is 1. The van der Waals surface area contributed by atoms with Crippen LogP contribution in [-0.4, -0.2) is 40.4 Å². The zero-order chi connectivity index (χ0) is 17.6. The smallest absolute Gasteiger partial charge is 0.252 e. The standard InChI is InChI=1S/C19H22N4O2/c1-3-25-10-6-9-20-19(24)16-11-18(14-12-21-23(2)13-14)22-17-8-5-4-7-15(16)17/h4-5,7-8,11-13H,3,6,9-10H2,1-2H3,(H,20,24). The minimum Gasteiger partial charge on any atom is -0.382 e. The fourth-order valence-corrected chi connectivity index (χ4v) is 2.68. The van der Waals surface area contributed by atoms with Gasteiger partial charge in [0.1, 0.15) is 0 Å². The lowest BCUT2D eigenvalue weighted by Crippen LogP contribution is -2.25. The molecule has 1 N–H and O–H groups in total. The highest BCUT2D eigenvalue weighted by atomic mass is 16.5. The Morgan fingerprint density at radius 1 is 1.32 bits per heavy atom. The van der Waals surface area contributed by atoms with Crippen molar-refractivity contribution in [3.05, 3.63) is 48.3 Å². The Kier molecular flexibility index (Phi) is 5.40. The van der Waals surface area contributed by atoms with E-state index in [1.165, 1.54) is 0 Å². The maximum Gasteiger partial charge on any atom is 0.252 e. The minimum absolute atomic E-state index is 0.0970. The molecule has 0 fully saturated rings. The first-order valence-electron chi connectivity index (χ1n) is 8.44. The Hall–Kier alpha value is -2.73. The lowest BCUT2D eigenvalue weighted by Gasteiger charge is -2.10. The third-order valence-electron chi connectivity index (χ3n) is 3.92. The van der Waals surface area contributed by atoms with Crippen molar-refractivity contribution in [1.82, 2.24) is 20.1 Å². The number of carbonyl (C=O) groups is 1. The first-order chi connectivity index (χ1) is 12.2. The van der Waals surface area contributed by atoms with Gasteiger partial charge in [-0.05, 0) is 25.5 Å². The van der Waals surface area contributed by atoms with Crippen molar-refractivity contribution in [1.29, 1.82) is 0 Å². The summed E-state index contributed by atoms with van der Waals surface area (Å²) in [5, 5.41) is 8.00. The number of benzene rings is 1. The van der Waals surface area contributed by atoms with Crippen LogP contribution in [0.5, 0.6) is 0 Å². The molecule has 0 aliphatic rings. The third-order valence-corrected chi connectivity index (χ3v) is 3.92. The van der Waals surface area contributed by atoms with E-state index in [2.05, 4.69) is 15.4 Å². The molecule has 2 aromatic heterocycles. The van der Waals surface area contributed by atoms with Crippen LogP contribution in [0.25, 0.3) is 22.2 Å². The van der Waals surface area contributed by atoms with Crippen LogP contribution in [0.3, 0.4) is 0 Å². The van der Waals surface area contributed by atoms with E-state index in [4.69, 9.17) is 4.74 Å². The molecule has 3 aromatic rings. The van der Waals surface area contributed by atoms with Crippen molar-refractivity contribution in [2.45, 2.75) is 13.3 Å². The van der Waals surface area contributed by atoms with E-state index in [0.29, 0.717) is 25.3 Å². The molecule has 2 heterocycles. The Labute approximate surface area is 146 Å². The highest BCUT2D eigenvalue weighted by molar-refractivity contribution is 6.07. The Bertz CT molecular complexity index is 873. The van der Waals surface area contributed by atoms with Crippen LogP contribution in [0.2, 0.25) is 0 Å². The average Bonchev–Trinajstić information content (AvgIpc) is 3.07. The summed E-state index contributed by atoms with van der Waals surface area (Å²) in [6.45, 7) is 3.88. The summed E-state index contributed by atoms with van der Waals surface area (Å²) >= 11 is 0. The fraction of sp³-hybridized carbons (Fsp3) is 0.316. The Morgan fingerprint density at radius 3 is 2.92 bits per heavy atom. The number of para-hydroxylation sites is 1. The number of hydrogen-bond donors (Lipinski definition) is 1. The number of aryl methyl sites for hydroxylation is 1. The predicted octanol–water partition coefficient (Wildman–Crippen LogP) is 2.79. The van der Waals surface area contributed by atoms with Crippen LogP contribution in [-0.2, 0) is 11.8 Å². The molecule has 130 valence electrons. The molecule has 0 atom stereocenters. The van der Waals surface area contributed by atoms with Gasteiger partial charge in [0, 0.05) is 44.0 Å². The van der Waals surface area contributed by atoms with Gasteiger partial charge in [-0.3, -0.25) is 9.48 Å². The second-order valence-electron chi connectivity index (χ2n) is 5.78. The summed E-state index contributed by atoms with van der Waals surface area (Å²) in [5.74, 6) is -0.0970. The van der Waals surface area contributed by atoms with Crippen molar-refractivity contribution in [2.24, 2.45) is 7.05 Å². The molecule has 0 saturated carbocycles. The van der Waals surface area contributed by atoms with E-state index in [0.717, 1.165) is 28.6 Å². The van der Waals surface area contributed by atoms with E-state index in [-0.39, 0.29) is 5.91 Å². The molecule has 6 heteroatoms. The molecule has 0 radical (unpaired) electrons. The molecule has 3 rings (SSSR count). The molecule has 1 aromatic carbocycles. The van der Waals surface area contributed by atoms with Gasteiger partial charge in [-0.1, -0.05) is 18.2 Å². The minimum atomic E-state index is -0.0970. The quantitative estimate of drug-likeness (QED) is 0.673. The highest BCUT2D eigenvalue weighted by Crippen LogP contribution is 2.24. The van der Waals surface area contributed by atoms with Crippen LogP contribution in [0, 0.1) is 0 Å². The summed E-state index contributed by atoms with van der Waals surface area (Å²) < 4.78 is 7.02. The maximum atomic E-state index is 12.7. The zero-order valence-electron chi connectivity index (χ0n) is 14.5. The average molecular weight is 338 g/mol. The van der Waals surface area contributed by atoms with Crippen molar-refractivity contribution in [3.63, 3.8) is 0 Å². The molecule has 1 amide bonds. The molecule has 6 nitrogen and oxygen atoms in total. The normalized spacial score (nSPS) is 11.0. The number of aromatic nitrogens is 3. The Balaban J connectivity index is 1.88. The van der Waals surface area contributed by atoms with Gasteiger partial charge in [0.2, 0.25) is 0 Å². The van der Waals surface area contributed by atoms with E-state index < -0.39 is 0 Å². The lowest BCUT2D eigenvalue weighted by atomic mass is 10.0. The third kappa shape index (κ3) is 4.03. The number of pyridine rings is 1. The maximum absolute atomic E-state index is 12.7. The van der Waals surface area contributed by atoms with E-state index in [1.54, 1.807) is 10.9 Å². The van der Waals surface area contributed by atoms with E-state index in [9.17, 15) is 4.79 Å².